The van der Waals surface area contributed by atoms with E-state index < -0.39 is 0 Å². The van der Waals surface area contributed by atoms with Crippen LogP contribution in [0.3, 0.4) is 0 Å². The highest BCUT2D eigenvalue weighted by Gasteiger charge is 2.25. The van der Waals surface area contributed by atoms with Gasteiger partial charge in [-0.3, -0.25) is 0 Å². The average Bonchev–Trinajstić information content (AvgIpc) is 2.72. The van der Waals surface area contributed by atoms with E-state index in [4.69, 9.17) is 0 Å². The van der Waals surface area contributed by atoms with Gasteiger partial charge in [0.05, 0.1) is 5.69 Å². The SMILES string of the molecule is Cc1ccc2c(c1)Cc1cc(C)ccc1N2c1ccccc1-c1ccccc1. The number of hydrogen-bond acceptors (Lipinski definition) is 1. The van der Waals surface area contributed by atoms with E-state index in [1.165, 1.54) is 50.4 Å². The number of anilines is 3. The van der Waals surface area contributed by atoms with Crippen LogP contribution in [0, 0.1) is 13.8 Å². The normalized spacial score (nSPS) is 12.4. The first kappa shape index (κ1) is 16.8. The third-order valence-corrected chi connectivity index (χ3v) is 5.56. The summed E-state index contributed by atoms with van der Waals surface area (Å²) in [6.07, 6.45) is 0.984. The Morgan fingerprint density at radius 2 is 1.14 bits per heavy atom. The van der Waals surface area contributed by atoms with Gasteiger partial charge >= 0.3 is 0 Å². The third kappa shape index (κ3) is 2.80. The summed E-state index contributed by atoms with van der Waals surface area (Å²) in [5, 5.41) is 0. The van der Waals surface area contributed by atoms with E-state index in [1.54, 1.807) is 0 Å². The quantitative estimate of drug-likeness (QED) is 0.318. The summed E-state index contributed by atoms with van der Waals surface area (Å²) in [7, 11) is 0. The Bertz CT molecular complexity index is 1110. The second-order valence-electron chi connectivity index (χ2n) is 7.66. The highest BCUT2D eigenvalue weighted by Crippen LogP contribution is 2.47. The first-order valence-corrected chi connectivity index (χ1v) is 9.84. The van der Waals surface area contributed by atoms with Crippen molar-refractivity contribution in [2.45, 2.75) is 20.3 Å². The van der Waals surface area contributed by atoms with Gasteiger partial charge in [-0.15, -0.1) is 0 Å². The summed E-state index contributed by atoms with van der Waals surface area (Å²) in [5.74, 6) is 0. The van der Waals surface area contributed by atoms with Crippen LogP contribution in [0.1, 0.15) is 22.3 Å². The molecule has 4 aromatic rings. The van der Waals surface area contributed by atoms with Gasteiger partial charge < -0.3 is 4.90 Å². The monoisotopic (exact) mass is 361 g/mol. The summed E-state index contributed by atoms with van der Waals surface area (Å²) < 4.78 is 0. The first-order valence-electron chi connectivity index (χ1n) is 9.84. The average molecular weight is 361 g/mol. The smallest absolute Gasteiger partial charge is 0.0540 e. The van der Waals surface area contributed by atoms with Gasteiger partial charge in [-0.25, -0.2) is 0 Å². The van der Waals surface area contributed by atoms with Crippen molar-refractivity contribution in [2.24, 2.45) is 0 Å². The number of hydrogen-bond donors (Lipinski definition) is 0. The standard InChI is InChI=1S/C27H23N/c1-19-12-14-25-22(16-19)18-23-17-20(2)13-15-26(23)28(25)27-11-7-6-10-24(27)21-8-4-3-5-9-21/h3-17H,18H2,1-2H3. The lowest BCUT2D eigenvalue weighted by Crippen LogP contribution is -2.19. The van der Waals surface area contributed by atoms with Crippen molar-refractivity contribution in [3.8, 4) is 11.1 Å². The van der Waals surface area contributed by atoms with Crippen LogP contribution in [0.25, 0.3) is 11.1 Å². The van der Waals surface area contributed by atoms with E-state index in [0.29, 0.717) is 0 Å². The van der Waals surface area contributed by atoms with E-state index in [9.17, 15) is 0 Å². The lowest BCUT2D eigenvalue weighted by Gasteiger charge is -2.35. The zero-order chi connectivity index (χ0) is 19.1. The summed E-state index contributed by atoms with van der Waals surface area (Å²) in [5.41, 5.74) is 11.7. The molecule has 0 spiro atoms. The van der Waals surface area contributed by atoms with Crippen LogP contribution in [0.15, 0.2) is 91.0 Å². The van der Waals surface area contributed by atoms with Crippen LogP contribution in [-0.4, -0.2) is 0 Å². The number of fused-ring (bicyclic) bond motifs is 2. The van der Waals surface area contributed by atoms with Gasteiger partial charge in [0, 0.05) is 23.4 Å². The van der Waals surface area contributed by atoms with Crippen molar-refractivity contribution in [3.05, 3.63) is 113 Å². The molecule has 1 heteroatoms. The molecule has 1 nitrogen and oxygen atoms in total. The molecule has 0 bridgehead atoms. The minimum absolute atomic E-state index is 0.984. The minimum Gasteiger partial charge on any atom is -0.309 e. The van der Waals surface area contributed by atoms with Gasteiger partial charge in [-0.2, -0.15) is 0 Å². The van der Waals surface area contributed by atoms with Crippen molar-refractivity contribution in [2.75, 3.05) is 4.90 Å². The van der Waals surface area contributed by atoms with Crippen LogP contribution in [0.2, 0.25) is 0 Å². The van der Waals surface area contributed by atoms with Gasteiger partial charge in [-0.1, -0.05) is 83.9 Å². The van der Waals surface area contributed by atoms with Crippen LogP contribution < -0.4 is 4.90 Å². The summed E-state index contributed by atoms with van der Waals surface area (Å²) in [4.78, 5) is 2.44. The lowest BCUT2D eigenvalue weighted by molar-refractivity contribution is 1.08. The van der Waals surface area contributed by atoms with Gasteiger partial charge in [0.1, 0.15) is 0 Å². The van der Waals surface area contributed by atoms with Crippen molar-refractivity contribution in [1.29, 1.82) is 0 Å². The van der Waals surface area contributed by atoms with Crippen LogP contribution in [-0.2, 0) is 6.42 Å². The molecule has 0 saturated heterocycles. The maximum absolute atomic E-state index is 2.44. The zero-order valence-electron chi connectivity index (χ0n) is 16.3. The molecule has 0 saturated carbocycles. The van der Waals surface area contributed by atoms with Crippen molar-refractivity contribution < 1.29 is 0 Å². The molecule has 136 valence electrons. The van der Waals surface area contributed by atoms with Gasteiger partial charge in [0.25, 0.3) is 0 Å². The van der Waals surface area contributed by atoms with E-state index in [1.807, 2.05) is 0 Å². The number of aryl methyl sites for hydroxylation is 2. The maximum Gasteiger partial charge on any atom is 0.0540 e. The molecule has 4 aromatic carbocycles. The van der Waals surface area contributed by atoms with Crippen LogP contribution >= 0.6 is 0 Å². The largest absolute Gasteiger partial charge is 0.309 e. The van der Waals surface area contributed by atoms with Crippen molar-refractivity contribution in [1.82, 2.24) is 0 Å². The molecule has 0 unspecified atom stereocenters. The zero-order valence-corrected chi connectivity index (χ0v) is 16.3. The van der Waals surface area contributed by atoms with Crippen LogP contribution in [0.5, 0.6) is 0 Å². The molecule has 0 radical (unpaired) electrons. The Kier molecular flexibility index (Phi) is 4.02. The Labute approximate surface area is 166 Å². The minimum atomic E-state index is 0.984. The Hall–Kier alpha value is -3.32. The maximum atomic E-state index is 2.44. The molecule has 0 fully saturated rings. The van der Waals surface area contributed by atoms with Gasteiger partial charge in [0.2, 0.25) is 0 Å². The van der Waals surface area contributed by atoms with Crippen molar-refractivity contribution >= 4 is 17.1 Å². The molecule has 1 heterocycles. The third-order valence-electron chi connectivity index (χ3n) is 5.56. The lowest BCUT2D eigenvalue weighted by atomic mass is 9.91. The van der Waals surface area contributed by atoms with E-state index in [0.717, 1.165) is 6.42 Å². The summed E-state index contributed by atoms with van der Waals surface area (Å²) in [6.45, 7) is 4.35. The fourth-order valence-corrected chi connectivity index (χ4v) is 4.27. The molecule has 0 aliphatic carbocycles. The Balaban J connectivity index is 1.78. The second kappa shape index (κ2) is 6.69. The predicted octanol–water partition coefficient (Wildman–Crippen LogP) is 7.34. The molecular weight excluding hydrogens is 338 g/mol. The fraction of sp³-hybridized carbons (Fsp3) is 0.111. The van der Waals surface area contributed by atoms with E-state index >= 15 is 0 Å². The van der Waals surface area contributed by atoms with Crippen LogP contribution in [0.4, 0.5) is 17.1 Å². The molecule has 0 amide bonds. The molecule has 5 rings (SSSR count). The molecular formula is C27H23N. The Morgan fingerprint density at radius 1 is 0.571 bits per heavy atom. The molecule has 0 aromatic heterocycles. The number of benzene rings is 4. The first-order chi connectivity index (χ1) is 13.7. The van der Waals surface area contributed by atoms with Gasteiger partial charge in [0.15, 0.2) is 0 Å². The highest BCUT2D eigenvalue weighted by molar-refractivity contribution is 5.91. The predicted molar refractivity (Wildman–Crippen MR) is 119 cm³/mol. The molecule has 0 atom stereocenters. The van der Waals surface area contributed by atoms with Gasteiger partial charge in [-0.05, 0) is 48.7 Å². The van der Waals surface area contributed by atoms with E-state index in [2.05, 4.69) is 110 Å². The van der Waals surface area contributed by atoms with Crippen molar-refractivity contribution in [3.63, 3.8) is 0 Å². The molecule has 28 heavy (non-hydrogen) atoms. The molecule has 0 N–H and O–H groups in total. The molecule has 1 aliphatic rings. The number of rotatable bonds is 2. The van der Waals surface area contributed by atoms with E-state index in [-0.39, 0.29) is 0 Å². The highest BCUT2D eigenvalue weighted by atomic mass is 15.2. The molecule has 1 aliphatic heterocycles. The fourth-order valence-electron chi connectivity index (χ4n) is 4.27. The number of nitrogens with zero attached hydrogens (tertiary/aromatic N) is 1. The second-order valence-corrected chi connectivity index (χ2v) is 7.66. The topological polar surface area (TPSA) is 3.24 Å². The summed E-state index contributed by atoms with van der Waals surface area (Å²) >= 11 is 0. The Morgan fingerprint density at radius 3 is 1.79 bits per heavy atom. The summed E-state index contributed by atoms with van der Waals surface area (Å²) in [6, 6.07) is 33.0. The number of para-hydroxylation sites is 1.